The van der Waals surface area contributed by atoms with E-state index in [9.17, 15) is 10.2 Å². The molecule has 0 saturated heterocycles. The Morgan fingerprint density at radius 2 is 1.60 bits per heavy atom. The van der Waals surface area contributed by atoms with Gasteiger partial charge in [0, 0.05) is 43.3 Å². The minimum Gasteiger partial charge on any atom is -0.395 e. The lowest BCUT2D eigenvalue weighted by Gasteiger charge is -2.19. The third-order valence-electron chi connectivity index (χ3n) is 4.54. The van der Waals surface area contributed by atoms with Crippen LogP contribution in [-0.4, -0.2) is 40.1 Å². The Hall–Kier alpha value is -0.920. The van der Waals surface area contributed by atoms with Crippen LogP contribution in [0.2, 0.25) is 0 Å². The van der Waals surface area contributed by atoms with Crippen LogP contribution in [0.5, 0.6) is 0 Å². The molecule has 0 amide bonds. The lowest BCUT2D eigenvalue weighted by molar-refractivity contribution is 0.141. The highest BCUT2D eigenvalue weighted by atomic mass is 79.9. The average Bonchev–Trinajstić information content (AvgIpc) is 2.88. The molecule has 6 heteroatoms. The topological polar surface area (TPSA) is 57.4 Å². The van der Waals surface area contributed by atoms with Crippen LogP contribution >= 0.6 is 31.9 Å². The Morgan fingerprint density at radius 1 is 1.04 bits per heavy atom. The first-order valence-corrected chi connectivity index (χ1v) is 10.0. The summed E-state index contributed by atoms with van der Waals surface area (Å²) in [5.41, 5.74) is 2.20. The summed E-state index contributed by atoms with van der Waals surface area (Å²) in [4.78, 5) is 0. The van der Waals surface area contributed by atoms with E-state index >= 15 is 0 Å². The number of fused-ring (bicyclic) bond motifs is 3. The molecule has 1 heterocycles. The molecule has 25 heavy (non-hydrogen) atoms. The van der Waals surface area contributed by atoms with Gasteiger partial charge in [-0.05, 0) is 42.8 Å². The van der Waals surface area contributed by atoms with Gasteiger partial charge in [0.15, 0.2) is 0 Å². The van der Waals surface area contributed by atoms with Crippen molar-refractivity contribution in [1.29, 1.82) is 0 Å². The maximum Gasteiger partial charge on any atom is 0.0843 e. The zero-order chi connectivity index (χ0) is 18.0. The van der Waals surface area contributed by atoms with Crippen LogP contribution in [0.4, 0.5) is 0 Å². The highest BCUT2D eigenvalue weighted by Gasteiger charge is 2.15. The zero-order valence-corrected chi connectivity index (χ0v) is 17.2. The number of nitrogens with one attached hydrogen (secondary N) is 1. The second-order valence-corrected chi connectivity index (χ2v) is 8.11. The van der Waals surface area contributed by atoms with Crippen LogP contribution < -0.4 is 5.32 Å². The molecular weight excluding hydrogens is 448 g/mol. The van der Waals surface area contributed by atoms with E-state index in [1.165, 1.54) is 0 Å². The number of benzene rings is 2. The smallest absolute Gasteiger partial charge is 0.0843 e. The first-order chi connectivity index (χ1) is 12.0. The molecule has 0 aliphatic heterocycles. The van der Waals surface area contributed by atoms with Gasteiger partial charge in [-0.2, -0.15) is 0 Å². The molecular formula is C19H22Br2N2O2. The van der Waals surface area contributed by atoms with Crippen molar-refractivity contribution in [3.05, 3.63) is 45.3 Å². The van der Waals surface area contributed by atoms with Crippen molar-refractivity contribution in [3.63, 3.8) is 0 Å². The van der Waals surface area contributed by atoms with Gasteiger partial charge in [-0.25, -0.2) is 0 Å². The zero-order valence-electron chi connectivity index (χ0n) is 14.0. The highest BCUT2D eigenvalue weighted by Crippen LogP contribution is 2.33. The maximum absolute atomic E-state index is 10.5. The summed E-state index contributed by atoms with van der Waals surface area (Å²) < 4.78 is 4.24. The van der Waals surface area contributed by atoms with Crippen LogP contribution in [0.25, 0.3) is 21.8 Å². The Kier molecular flexibility index (Phi) is 6.17. The second-order valence-electron chi connectivity index (χ2n) is 6.28. The molecule has 0 bridgehead atoms. The van der Waals surface area contributed by atoms with Gasteiger partial charge in [0.25, 0.3) is 0 Å². The number of rotatable bonds is 7. The molecule has 4 nitrogen and oxygen atoms in total. The summed E-state index contributed by atoms with van der Waals surface area (Å²) >= 11 is 7.10. The number of aliphatic hydroxyl groups excluding tert-OH is 2. The van der Waals surface area contributed by atoms with Crippen LogP contribution in [0.3, 0.4) is 0 Å². The van der Waals surface area contributed by atoms with E-state index in [1.807, 2.05) is 19.1 Å². The van der Waals surface area contributed by atoms with Gasteiger partial charge >= 0.3 is 0 Å². The molecule has 0 saturated carbocycles. The molecule has 1 aromatic heterocycles. The van der Waals surface area contributed by atoms with E-state index in [4.69, 9.17) is 0 Å². The summed E-state index contributed by atoms with van der Waals surface area (Å²) in [6.07, 6.45) is 0.299. The van der Waals surface area contributed by atoms with E-state index in [0.29, 0.717) is 13.1 Å². The first-order valence-electron chi connectivity index (χ1n) is 8.42. The molecule has 2 atom stereocenters. The van der Waals surface area contributed by atoms with E-state index in [0.717, 1.165) is 37.2 Å². The molecule has 3 N–H and O–H groups in total. The van der Waals surface area contributed by atoms with Gasteiger partial charge in [0.2, 0.25) is 0 Å². The molecule has 3 aromatic rings. The molecule has 0 spiro atoms. The summed E-state index contributed by atoms with van der Waals surface area (Å²) in [5.74, 6) is 0. The number of halogens is 2. The molecule has 0 radical (unpaired) electrons. The van der Waals surface area contributed by atoms with Gasteiger partial charge in [-0.3, -0.25) is 0 Å². The monoisotopic (exact) mass is 468 g/mol. The lowest BCUT2D eigenvalue weighted by Crippen LogP contribution is -2.38. The number of nitrogens with zero attached hydrogens (tertiary/aromatic N) is 1. The fourth-order valence-electron chi connectivity index (χ4n) is 3.16. The molecule has 3 rings (SSSR count). The van der Waals surface area contributed by atoms with Crippen molar-refractivity contribution in [1.82, 2.24) is 9.88 Å². The van der Waals surface area contributed by atoms with E-state index in [2.05, 4.69) is 66.0 Å². The molecule has 134 valence electrons. The SMILES string of the molecule is CC[C@@H](CO)NC[C@H](O)Cn1c2ccc(Br)cc2c2cc(Br)ccc21. The largest absolute Gasteiger partial charge is 0.395 e. The normalized spacial score (nSPS) is 14.3. The molecule has 0 unspecified atom stereocenters. The minimum atomic E-state index is -0.535. The van der Waals surface area contributed by atoms with Crippen molar-refractivity contribution in [2.75, 3.05) is 13.2 Å². The standard InChI is InChI=1S/C19H22Br2N2O2/c1-2-14(11-24)22-9-15(25)10-23-18-5-3-12(20)7-16(18)17-8-13(21)4-6-19(17)23/h3-8,14-15,22,24-25H,2,9-11H2,1H3/t14-,15-/m0/s1. The quantitative estimate of drug-likeness (QED) is 0.489. The van der Waals surface area contributed by atoms with E-state index in [-0.39, 0.29) is 12.6 Å². The predicted molar refractivity (Wildman–Crippen MR) is 110 cm³/mol. The average molecular weight is 470 g/mol. The Labute approximate surface area is 164 Å². The van der Waals surface area contributed by atoms with Crippen LogP contribution in [0.15, 0.2) is 45.3 Å². The summed E-state index contributed by atoms with van der Waals surface area (Å²) in [6.45, 7) is 3.05. The van der Waals surface area contributed by atoms with Gasteiger partial charge in [-0.15, -0.1) is 0 Å². The number of hydrogen-bond acceptors (Lipinski definition) is 3. The molecule has 0 fully saturated rings. The van der Waals surface area contributed by atoms with Gasteiger partial charge < -0.3 is 20.1 Å². The lowest BCUT2D eigenvalue weighted by atomic mass is 10.2. The molecule has 0 aliphatic carbocycles. The van der Waals surface area contributed by atoms with Gasteiger partial charge in [-0.1, -0.05) is 38.8 Å². The van der Waals surface area contributed by atoms with Crippen LogP contribution in [0, 0.1) is 0 Å². The van der Waals surface area contributed by atoms with Crippen LogP contribution in [0.1, 0.15) is 13.3 Å². The first kappa shape index (κ1) is 18.9. The van der Waals surface area contributed by atoms with Crippen molar-refractivity contribution in [2.24, 2.45) is 0 Å². The van der Waals surface area contributed by atoms with Crippen molar-refractivity contribution in [2.45, 2.75) is 32.0 Å². The Morgan fingerprint density at radius 3 is 2.08 bits per heavy atom. The summed E-state index contributed by atoms with van der Waals surface area (Å²) in [5, 5.41) is 25.3. The number of hydrogen-bond donors (Lipinski definition) is 3. The molecule has 2 aromatic carbocycles. The summed E-state index contributed by atoms with van der Waals surface area (Å²) in [7, 11) is 0. The maximum atomic E-state index is 10.5. The third-order valence-corrected chi connectivity index (χ3v) is 5.52. The highest BCUT2D eigenvalue weighted by molar-refractivity contribution is 9.10. The Bertz CT molecular complexity index is 815. The second kappa shape index (κ2) is 8.18. The van der Waals surface area contributed by atoms with E-state index < -0.39 is 6.10 Å². The van der Waals surface area contributed by atoms with Crippen molar-refractivity contribution in [3.8, 4) is 0 Å². The third kappa shape index (κ3) is 4.09. The fourth-order valence-corrected chi connectivity index (χ4v) is 3.88. The van der Waals surface area contributed by atoms with Crippen LogP contribution in [-0.2, 0) is 6.54 Å². The van der Waals surface area contributed by atoms with Gasteiger partial charge in [0.1, 0.15) is 0 Å². The number of aromatic nitrogens is 1. The summed E-state index contributed by atoms with van der Waals surface area (Å²) in [6, 6.07) is 12.5. The molecule has 0 aliphatic rings. The predicted octanol–water partition coefficient (Wildman–Crippen LogP) is 4.04. The number of aliphatic hydroxyl groups is 2. The Balaban J connectivity index is 1.94. The van der Waals surface area contributed by atoms with Crippen molar-refractivity contribution >= 4 is 53.7 Å². The van der Waals surface area contributed by atoms with Gasteiger partial charge in [0.05, 0.1) is 19.3 Å². The van der Waals surface area contributed by atoms with E-state index in [1.54, 1.807) is 0 Å². The minimum absolute atomic E-state index is 0.0275. The fraction of sp³-hybridized carbons (Fsp3) is 0.368. The van der Waals surface area contributed by atoms with Crippen molar-refractivity contribution < 1.29 is 10.2 Å².